The molecular formula is C23H33FN8O2. The fraction of sp³-hybridized carbons (Fsp3) is 0.609. The quantitative estimate of drug-likeness (QED) is 0.532. The molecule has 11 heteroatoms. The molecule has 3 N–H and O–H groups in total. The first-order chi connectivity index (χ1) is 16.4. The van der Waals surface area contributed by atoms with Crippen LogP contribution in [0.5, 0.6) is 0 Å². The average molecular weight is 473 g/mol. The molecule has 1 aromatic heterocycles. The van der Waals surface area contributed by atoms with E-state index in [-0.39, 0.29) is 29.7 Å². The molecule has 3 aliphatic rings. The summed E-state index contributed by atoms with van der Waals surface area (Å²) in [4.78, 5) is 33.4. The van der Waals surface area contributed by atoms with E-state index in [9.17, 15) is 14.0 Å². The van der Waals surface area contributed by atoms with Crippen LogP contribution in [0.1, 0.15) is 31.9 Å². The van der Waals surface area contributed by atoms with E-state index in [1.54, 1.807) is 19.3 Å². The molecule has 1 aliphatic carbocycles. The van der Waals surface area contributed by atoms with E-state index in [4.69, 9.17) is 4.98 Å². The lowest BCUT2D eigenvalue weighted by Gasteiger charge is -2.35. The Morgan fingerprint density at radius 2 is 2.09 bits per heavy atom. The van der Waals surface area contributed by atoms with Crippen molar-refractivity contribution in [3.63, 3.8) is 0 Å². The van der Waals surface area contributed by atoms with E-state index in [2.05, 4.69) is 35.9 Å². The summed E-state index contributed by atoms with van der Waals surface area (Å²) in [5.41, 5.74) is 0.349. The molecule has 0 aromatic carbocycles. The zero-order chi connectivity index (χ0) is 24.1. The van der Waals surface area contributed by atoms with Crippen LogP contribution in [0.25, 0.3) is 0 Å². The summed E-state index contributed by atoms with van der Waals surface area (Å²) in [5, 5.41) is 17.3. The minimum absolute atomic E-state index is 0.00178. The molecule has 184 valence electrons. The van der Waals surface area contributed by atoms with Gasteiger partial charge in [-0.1, -0.05) is 13.0 Å². The lowest BCUT2D eigenvalue weighted by atomic mass is 9.81. The number of rotatable bonds is 6. The van der Waals surface area contributed by atoms with Gasteiger partial charge in [0.25, 0.3) is 0 Å². The summed E-state index contributed by atoms with van der Waals surface area (Å²) >= 11 is 0. The first kappa shape index (κ1) is 24.2. The fourth-order valence-corrected chi connectivity index (χ4v) is 4.61. The molecule has 1 aromatic rings. The third kappa shape index (κ3) is 5.76. The largest absolute Gasteiger partial charge is 0.358 e. The van der Waals surface area contributed by atoms with Crippen molar-refractivity contribution in [1.82, 2.24) is 36.0 Å². The van der Waals surface area contributed by atoms with Crippen molar-refractivity contribution in [1.29, 1.82) is 0 Å². The number of carbonyl (C=O) groups is 2. The maximum atomic E-state index is 13.4. The molecule has 3 heterocycles. The summed E-state index contributed by atoms with van der Waals surface area (Å²) in [6, 6.07) is -0.267. The first-order valence-electron chi connectivity index (χ1n) is 11.8. The van der Waals surface area contributed by atoms with E-state index in [0.29, 0.717) is 58.1 Å². The molecular weight excluding hydrogens is 439 g/mol. The number of likely N-dealkylation sites (N-methyl/N-ethyl adjacent to an activating group) is 1. The van der Waals surface area contributed by atoms with Gasteiger partial charge in [-0.15, -0.1) is 5.10 Å². The van der Waals surface area contributed by atoms with Crippen molar-refractivity contribution in [2.24, 2.45) is 0 Å². The summed E-state index contributed by atoms with van der Waals surface area (Å²) < 4.78 is 13.4. The van der Waals surface area contributed by atoms with E-state index >= 15 is 0 Å². The summed E-state index contributed by atoms with van der Waals surface area (Å²) in [6.45, 7) is 5.82. The van der Waals surface area contributed by atoms with Crippen molar-refractivity contribution in [3.05, 3.63) is 35.9 Å². The fourth-order valence-electron chi connectivity index (χ4n) is 4.61. The number of hydrogen-bond donors (Lipinski definition) is 3. The smallest absolute Gasteiger partial charge is 0.245 e. The highest BCUT2D eigenvalue weighted by molar-refractivity contribution is 5.82. The number of anilines is 1. The van der Waals surface area contributed by atoms with Gasteiger partial charge in [-0.05, 0) is 38.0 Å². The summed E-state index contributed by atoms with van der Waals surface area (Å²) in [7, 11) is 1.62. The van der Waals surface area contributed by atoms with Crippen LogP contribution in [0.4, 0.5) is 10.3 Å². The van der Waals surface area contributed by atoms with E-state index in [1.165, 1.54) is 6.08 Å². The number of hydrogen-bond acceptors (Lipinski definition) is 8. The SMILES string of the molecule is CNC(=O)[C@H]1C[C@@H](NC(=O)CN2CCN(c3nncc(C4(C)C=CC(F)=CC4)n3)CC2)CCN1. The van der Waals surface area contributed by atoms with Crippen molar-refractivity contribution < 1.29 is 14.0 Å². The molecule has 10 nitrogen and oxygen atoms in total. The van der Waals surface area contributed by atoms with Crippen LogP contribution in [-0.4, -0.2) is 90.3 Å². The third-order valence-corrected chi connectivity index (χ3v) is 6.82. The van der Waals surface area contributed by atoms with Gasteiger partial charge in [0.15, 0.2) is 0 Å². The molecule has 0 spiro atoms. The summed E-state index contributed by atoms with van der Waals surface area (Å²) in [5.74, 6) is 0.258. The lowest BCUT2D eigenvalue weighted by molar-refractivity contribution is -0.126. The van der Waals surface area contributed by atoms with Crippen LogP contribution >= 0.6 is 0 Å². The standard InChI is InChI=1S/C23H33FN8O2/c1-23(6-3-16(24)4-7-23)19-14-27-30-22(29-19)32-11-9-31(10-12-32)15-20(33)28-17-5-8-26-18(13-17)21(34)25-2/h3-4,6,14,17-18,26H,5,7-13,15H2,1-2H3,(H,25,34)(H,28,33)/t17-,18+,23?/m0/s1. The minimum Gasteiger partial charge on any atom is -0.358 e. The minimum atomic E-state index is -0.411. The lowest BCUT2D eigenvalue weighted by Crippen LogP contribution is -2.55. The number of nitrogens with zero attached hydrogens (tertiary/aromatic N) is 5. The number of nitrogens with one attached hydrogen (secondary N) is 3. The van der Waals surface area contributed by atoms with Gasteiger partial charge in [-0.2, -0.15) is 5.10 Å². The van der Waals surface area contributed by atoms with Crippen LogP contribution in [0, 0.1) is 0 Å². The maximum Gasteiger partial charge on any atom is 0.245 e. The third-order valence-electron chi connectivity index (χ3n) is 6.82. The van der Waals surface area contributed by atoms with Gasteiger partial charge < -0.3 is 20.9 Å². The number of piperazine rings is 1. The molecule has 3 atom stereocenters. The van der Waals surface area contributed by atoms with Gasteiger partial charge in [0.1, 0.15) is 5.83 Å². The zero-order valence-electron chi connectivity index (χ0n) is 19.8. The van der Waals surface area contributed by atoms with Crippen molar-refractivity contribution in [3.8, 4) is 0 Å². The monoisotopic (exact) mass is 472 g/mol. The van der Waals surface area contributed by atoms with Crippen molar-refractivity contribution in [2.45, 2.75) is 43.7 Å². The number of halogens is 1. The van der Waals surface area contributed by atoms with E-state index in [1.807, 2.05) is 13.0 Å². The predicted octanol–water partition coefficient (Wildman–Crippen LogP) is 0.0474. The van der Waals surface area contributed by atoms with Gasteiger partial charge >= 0.3 is 0 Å². The number of amides is 2. The van der Waals surface area contributed by atoms with Crippen LogP contribution in [0.15, 0.2) is 30.3 Å². The number of piperidine rings is 1. The molecule has 4 rings (SSSR count). The molecule has 0 radical (unpaired) electrons. The Bertz CT molecular complexity index is 962. The Morgan fingerprint density at radius 1 is 1.29 bits per heavy atom. The topological polar surface area (TPSA) is 115 Å². The van der Waals surface area contributed by atoms with Crippen molar-refractivity contribution >= 4 is 17.8 Å². The van der Waals surface area contributed by atoms with Gasteiger partial charge in [0.2, 0.25) is 17.8 Å². The Labute approximate surface area is 199 Å². The van der Waals surface area contributed by atoms with E-state index in [0.717, 1.165) is 12.1 Å². The number of carbonyl (C=O) groups excluding carboxylic acids is 2. The maximum absolute atomic E-state index is 13.4. The highest BCUT2D eigenvalue weighted by Crippen LogP contribution is 2.33. The van der Waals surface area contributed by atoms with Crippen LogP contribution in [0.2, 0.25) is 0 Å². The average Bonchev–Trinajstić information content (AvgIpc) is 2.86. The molecule has 34 heavy (non-hydrogen) atoms. The van der Waals surface area contributed by atoms with Crippen molar-refractivity contribution in [2.75, 3.05) is 51.2 Å². The Balaban J connectivity index is 1.26. The number of aromatic nitrogens is 3. The van der Waals surface area contributed by atoms with Gasteiger partial charge in [0, 0.05) is 44.7 Å². The highest BCUT2D eigenvalue weighted by atomic mass is 19.1. The Kier molecular flexibility index (Phi) is 7.52. The second kappa shape index (κ2) is 10.6. The predicted molar refractivity (Wildman–Crippen MR) is 126 cm³/mol. The molecule has 0 bridgehead atoms. The zero-order valence-corrected chi connectivity index (χ0v) is 19.8. The first-order valence-corrected chi connectivity index (χ1v) is 11.8. The normalized spacial score (nSPS) is 27.7. The second-order valence-electron chi connectivity index (χ2n) is 9.36. The Hall–Kier alpha value is -2.92. The summed E-state index contributed by atoms with van der Waals surface area (Å²) in [6.07, 6.45) is 8.43. The van der Waals surface area contributed by atoms with Gasteiger partial charge in [0.05, 0.1) is 24.5 Å². The molecule has 1 unspecified atom stereocenters. The molecule has 2 saturated heterocycles. The van der Waals surface area contributed by atoms with Gasteiger partial charge in [-0.25, -0.2) is 9.37 Å². The van der Waals surface area contributed by atoms with Gasteiger partial charge in [-0.3, -0.25) is 14.5 Å². The molecule has 2 aliphatic heterocycles. The van der Waals surface area contributed by atoms with Crippen LogP contribution in [-0.2, 0) is 15.0 Å². The van der Waals surface area contributed by atoms with E-state index < -0.39 is 5.41 Å². The molecule has 2 amide bonds. The Morgan fingerprint density at radius 3 is 2.79 bits per heavy atom. The van der Waals surface area contributed by atoms with Crippen LogP contribution in [0.3, 0.4) is 0 Å². The van der Waals surface area contributed by atoms with Crippen LogP contribution < -0.4 is 20.9 Å². The second-order valence-corrected chi connectivity index (χ2v) is 9.36. The highest BCUT2D eigenvalue weighted by Gasteiger charge is 2.30. The molecule has 2 fully saturated rings. The molecule has 0 saturated carbocycles. The number of allylic oxidation sites excluding steroid dienone is 4.